The second-order valence-electron chi connectivity index (χ2n) is 5.14. The molecule has 1 aliphatic heterocycles. The monoisotopic (exact) mass is 272 g/mol. The first kappa shape index (κ1) is 12.7. The predicted octanol–water partition coefficient (Wildman–Crippen LogP) is 3.68. The fourth-order valence-corrected chi connectivity index (χ4v) is 3.62. The number of nitrogens with one attached hydrogen (secondary N) is 1. The minimum Gasteiger partial charge on any atom is -0.369 e. The molecule has 2 heterocycles. The summed E-state index contributed by atoms with van der Waals surface area (Å²) in [4.78, 5) is 2.43. The summed E-state index contributed by atoms with van der Waals surface area (Å²) in [7, 11) is 2.22. The maximum atomic E-state index is 3.69. The molecule has 2 unspecified atom stereocenters. The number of benzene rings is 1. The third-order valence-corrected chi connectivity index (χ3v) is 4.67. The highest BCUT2D eigenvalue weighted by atomic mass is 32.1. The van der Waals surface area contributed by atoms with Gasteiger partial charge in [0, 0.05) is 24.2 Å². The molecule has 2 atom stereocenters. The van der Waals surface area contributed by atoms with Crippen molar-refractivity contribution in [2.75, 3.05) is 18.5 Å². The normalized spacial score (nSPS) is 23.2. The van der Waals surface area contributed by atoms with Gasteiger partial charge in [-0.3, -0.25) is 0 Å². The number of hydrogen-bond acceptors (Lipinski definition) is 3. The van der Waals surface area contributed by atoms with Gasteiger partial charge in [-0.25, -0.2) is 0 Å². The van der Waals surface area contributed by atoms with Gasteiger partial charge in [0.15, 0.2) is 0 Å². The Labute approximate surface area is 119 Å². The molecule has 0 amide bonds. The minimum atomic E-state index is 0.430. The maximum Gasteiger partial charge on any atom is 0.0527 e. The van der Waals surface area contributed by atoms with Crippen LogP contribution in [0.2, 0.25) is 0 Å². The largest absolute Gasteiger partial charge is 0.369 e. The zero-order chi connectivity index (χ0) is 13.1. The lowest BCUT2D eigenvalue weighted by atomic mass is 9.91. The van der Waals surface area contributed by atoms with E-state index in [4.69, 9.17) is 0 Å². The van der Waals surface area contributed by atoms with Gasteiger partial charge in [-0.2, -0.15) is 11.3 Å². The zero-order valence-corrected chi connectivity index (χ0v) is 12.1. The second-order valence-corrected chi connectivity index (χ2v) is 5.92. The van der Waals surface area contributed by atoms with Crippen LogP contribution in [-0.2, 0) is 0 Å². The van der Waals surface area contributed by atoms with Gasteiger partial charge in [-0.05, 0) is 36.4 Å². The third kappa shape index (κ3) is 2.67. The van der Waals surface area contributed by atoms with Crippen molar-refractivity contribution in [2.24, 2.45) is 0 Å². The van der Waals surface area contributed by atoms with Crippen molar-refractivity contribution >= 4 is 17.0 Å². The maximum absolute atomic E-state index is 3.69. The highest BCUT2D eigenvalue weighted by Crippen LogP contribution is 2.31. The Kier molecular flexibility index (Phi) is 3.85. The van der Waals surface area contributed by atoms with Crippen LogP contribution < -0.4 is 10.2 Å². The van der Waals surface area contributed by atoms with E-state index in [1.165, 1.54) is 24.1 Å². The van der Waals surface area contributed by atoms with Gasteiger partial charge in [-0.15, -0.1) is 0 Å². The molecule has 19 heavy (non-hydrogen) atoms. The third-order valence-electron chi connectivity index (χ3n) is 4.00. The predicted molar refractivity (Wildman–Crippen MR) is 82.9 cm³/mol. The lowest BCUT2D eigenvalue weighted by molar-refractivity contribution is 0.348. The van der Waals surface area contributed by atoms with Gasteiger partial charge in [0.1, 0.15) is 0 Å². The first-order chi connectivity index (χ1) is 9.36. The van der Waals surface area contributed by atoms with Crippen LogP contribution in [0, 0.1) is 0 Å². The molecular formula is C16H20N2S. The summed E-state index contributed by atoms with van der Waals surface area (Å²) in [5.74, 6) is 0. The molecule has 0 bridgehead atoms. The summed E-state index contributed by atoms with van der Waals surface area (Å²) in [6, 6.07) is 14.0. The Hall–Kier alpha value is -1.32. The van der Waals surface area contributed by atoms with E-state index in [0.717, 1.165) is 6.54 Å². The summed E-state index contributed by atoms with van der Waals surface area (Å²) < 4.78 is 0. The number of hydrogen-bond donors (Lipinski definition) is 1. The van der Waals surface area contributed by atoms with Crippen molar-refractivity contribution in [3.8, 4) is 0 Å². The van der Waals surface area contributed by atoms with Gasteiger partial charge >= 0.3 is 0 Å². The van der Waals surface area contributed by atoms with E-state index < -0.39 is 0 Å². The second kappa shape index (κ2) is 5.76. The van der Waals surface area contributed by atoms with Gasteiger partial charge < -0.3 is 10.2 Å². The van der Waals surface area contributed by atoms with Gasteiger partial charge in [0.2, 0.25) is 0 Å². The van der Waals surface area contributed by atoms with Gasteiger partial charge in [-0.1, -0.05) is 30.3 Å². The van der Waals surface area contributed by atoms with Crippen LogP contribution in [-0.4, -0.2) is 19.6 Å². The average Bonchev–Trinajstić information content (AvgIpc) is 3.02. The molecular weight excluding hydrogens is 252 g/mol. The fourth-order valence-electron chi connectivity index (χ4n) is 2.94. The number of piperidine rings is 1. The molecule has 3 rings (SSSR count). The lowest BCUT2D eigenvalue weighted by Gasteiger charge is -2.39. The van der Waals surface area contributed by atoms with Crippen molar-refractivity contribution in [1.29, 1.82) is 0 Å². The number of anilines is 1. The van der Waals surface area contributed by atoms with E-state index in [9.17, 15) is 0 Å². The zero-order valence-electron chi connectivity index (χ0n) is 11.3. The number of nitrogens with zero attached hydrogens (tertiary/aromatic N) is 1. The van der Waals surface area contributed by atoms with Crippen LogP contribution >= 0.6 is 11.3 Å². The summed E-state index contributed by atoms with van der Waals surface area (Å²) >= 11 is 1.77. The lowest BCUT2D eigenvalue weighted by Crippen LogP contribution is -2.46. The molecule has 1 aromatic carbocycles. The smallest absolute Gasteiger partial charge is 0.0527 e. The first-order valence-corrected chi connectivity index (χ1v) is 7.84. The van der Waals surface area contributed by atoms with Crippen molar-refractivity contribution in [3.05, 3.63) is 52.7 Å². The van der Waals surface area contributed by atoms with E-state index in [1.54, 1.807) is 11.3 Å². The number of thiophene rings is 1. The summed E-state index contributed by atoms with van der Waals surface area (Å²) in [5, 5.41) is 8.08. The van der Waals surface area contributed by atoms with E-state index in [1.807, 2.05) is 0 Å². The Morgan fingerprint density at radius 2 is 2.05 bits per heavy atom. The Balaban J connectivity index is 1.85. The van der Waals surface area contributed by atoms with E-state index in [2.05, 4.69) is 64.4 Å². The van der Waals surface area contributed by atoms with Crippen LogP contribution in [0.4, 0.5) is 5.69 Å². The van der Waals surface area contributed by atoms with E-state index in [0.29, 0.717) is 12.1 Å². The van der Waals surface area contributed by atoms with Crippen molar-refractivity contribution < 1.29 is 0 Å². The van der Waals surface area contributed by atoms with E-state index >= 15 is 0 Å². The number of rotatable bonds is 3. The molecule has 1 aromatic heterocycles. The molecule has 2 aromatic rings. The molecule has 0 aliphatic carbocycles. The highest BCUT2D eigenvalue weighted by molar-refractivity contribution is 7.08. The van der Waals surface area contributed by atoms with E-state index in [-0.39, 0.29) is 0 Å². The van der Waals surface area contributed by atoms with Gasteiger partial charge in [0.25, 0.3) is 0 Å². The average molecular weight is 272 g/mol. The molecule has 1 fully saturated rings. The topological polar surface area (TPSA) is 15.3 Å². The molecule has 0 spiro atoms. The van der Waals surface area contributed by atoms with Crippen LogP contribution in [0.15, 0.2) is 47.2 Å². The van der Waals surface area contributed by atoms with Crippen LogP contribution in [0.25, 0.3) is 0 Å². The van der Waals surface area contributed by atoms with Crippen LogP contribution in [0.5, 0.6) is 0 Å². The fraction of sp³-hybridized carbons (Fsp3) is 0.375. The Morgan fingerprint density at radius 1 is 1.21 bits per heavy atom. The molecule has 1 aliphatic rings. The summed E-state index contributed by atoms with van der Waals surface area (Å²) in [5.41, 5.74) is 2.73. The summed E-state index contributed by atoms with van der Waals surface area (Å²) in [6.45, 7) is 1.12. The SMILES string of the molecule is CN(c1ccsc1)C1CCCNC1c1ccccc1. The standard InChI is InChI=1S/C16H20N2S/c1-18(14-9-11-19-12-14)15-8-5-10-17-16(15)13-6-3-2-4-7-13/h2-4,6-7,9,11-12,15-17H,5,8,10H2,1H3. The molecule has 3 heteroatoms. The molecule has 0 saturated carbocycles. The van der Waals surface area contributed by atoms with Crippen LogP contribution in [0.1, 0.15) is 24.4 Å². The molecule has 1 saturated heterocycles. The van der Waals surface area contributed by atoms with Crippen molar-refractivity contribution in [2.45, 2.75) is 24.9 Å². The number of likely N-dealkylation sites (N-methyl/N-ethyl adjacent to an activating group) is 1. The first-order valence-electron chi connectivity index (χ1n) is 6.89. The quantitative estimate of drug-likeness (QED) is 0.917. The van der Waals surface area contributed by atoms with Crippen molar-refractivity contribution in [3.63, 3.8) is 0 Å². The van der Waals surface area contributed by atoms with Crippen LogP contribution in [0.3, 0.4) is 0 Å². The van der Waals surface area contributed by atoms with Gasteiger partial charge in [0.05, 0.1) is 6.04 Å². The highest BCUT2D eigenvalue weighted by Gasteiger charge is 2.29. The molecule has 2 nitrogen and oxygen atoms in total. The Bertz CT molecular complexity index is 495. The summed E-state index contributed by atoms with van der Waals surface area (Å²) in [6.07, 6.45) is 2.50. The minimum absolute atomic E-state index is 0.430. The molecule has 1 N–H and O–H groups in total. The molecule has 100 valence electrons. The van der Waals surface area contributed by atoms with Crippen molar-refractivity contribution in [1.82, 2.24) is 5.32 Å². The Morgan fingerprint density at radius 3 is 2.79 bits per heavy atom. The molecule has 0 radical (unpaired) electrons.